The van der Waals surface area contributed by atoms with Gasteiger partial charge in [-0.15, -0.1) is 11.3 Å². The highest BCUT2D eigenvalue weighted by molar-refractivity contribution is 7.12. The first-order valence-electron chi connectivity index (χ1n) is 9.53. The van der Waals surface area contributed by atoms with Gasteiger partial charge in [-0.2, -0.15) is 0 Å². The Bertz CT molecular complexity index is 733. The van der Waals surface area contributed by atoms with Gasteiger partial charge in [0, 0.05) is 19.1 Å². The van der Waals surface area contributed by atoms with Gasteiger partial charge in [0.05, 0.1) is 4.88 Å². The van der Waals surface area contributed by atoms with Crippen LogP contribution in [0, 0.1) is 0 Å². The van der Waals surface area contributed by atoms with Gasteiger partial charge in [-0.05, 0) is 43.3 Å². The molecule has 0 bridgehead atoms. The molecule has 0 radical (unpaired) electrons. The SMILES string of the molecule is CC(NC(=O)c1cccs1)C(=O)NCC1CCCCN1Cc1ccccc1. The Morgan fingerprint density at radius 2 is 2.00 bits per heavy atom. The Morgan fingerprint density at radius 3 is 2.74 bits per heavy atom. The van der Waals surface area contributed by atoms with Crippen LogP contribution in [0.4, 0.5) is 0 Å². The molecule has 1 aliphatic heterocycles. The summed E-state index contributed by atoms with van der Waals surface area (Å²) < 4.78 is 0. The van der Waals surface area contributed by atoms with Gasteiger partial charge in [0.15, 0.2) is 0 Å². The van der Waals surface area contributed by atoms with Gasteiger partial charge in [-0.1, -0.05) is 42.8 Å². The van der Waals surface area contributed by atoms with Crippen molar-refractivity contribution in [2.75, 3.05) is 13.1 Å². The van der Waals surface area contributed by atoms with Crippen LogP contribution in [0.2, 0.25) is 0 Å². The van der Waals surface area contributed by atoms with E-state index in [4.69, 9.17) is 0 Å². The molecule has 2 aromatic rings. The van der Waals surface area contributed by atoms with E-state index >= 15 is 0 Å². The number of nitrogens with one attached hydrogen (secondary N) is 2. The Kier molecular flexibility index (Phi) is 7.01. The molecule has 0 spiro atoms. The minimum Gasteiger partial charge on any atom is -0.353 e. The maximum absolute atomic E-state index is 12.4. The fourth-order valence-corrected chi connectivity index (χ4v) is 4.06. The summed E-state index contributed by atoms with van der Waals surface area (Å²) in [5, 5.41) is 7.64. The molecule has 2 N–H and O–H groups in total. The van der Waals surface area contributed by atoms with E-state index in [1.165, 1.54) is 29.7 Å². The number of carbonyl (C=O) groups excluding carboxylic acids is 2. The summed E-state index contributed by atoms with van der Waals surface area (Å²) >= 11 is 1.37. The molecule has 5 nitrogen and oxygen atoms in total. The Labute approximate surface area is 164 Å². The van der Waals surface area contributed by atoms with E-state index in [9.17, 15) is 9.59 Å². The number of carbonyl (C=O) groups is 2. The fraction of sp³-hybridized carbons (Fsp3) is 0.429. The smallest absolute Gasteiger partial charge is 0.261 e. The van der Waals surface area contributed by atoms with Crippen molar-refractivity contribution in [3.63, 3.8) is 0 Å². The number of likely N-dealkylation sites (tertiary alicyclic amines) is 1. The van der Waals surface area contributed by atoms with Gasteiger partial charge < -0.3 is 10.6 Å². The maximum atomic E-state index is 12.4. The van der Waals surface area contributed by atoms with Crippen LogP contribution in [0.15, 0.2) is 47.8 Å². The number of hydrogen-bond acceptors (Lipinski definition) is 4. The monoisotopic (exact) mass is 385 g/mol. The van der Waals surface area contributed by atoms with Crippen molar-refractivity contribution in [1.82, 2.24) is 15.5 Å². The second-order valence-electron chi connectivity index (χ2n) is 7.02. The van der Waals surface area contributed by atoms with Crippen molar-refractivity contribution in [2.45, 2.75) is 44.8 Å². The van der Waals surface area contributed by atoms with E-state index < -0.39 is 6.04 Å². The Morgan fingerprint density at radius 1 is 1.19 bits per heavy atom. The number of amides is 2. The zero-order valence-electron chi connectivity index (χ0n) is 15.7. The van der Waals surface area contributed by atoms with Crippen LogP contribution in [0.25, 0.3) is 0 Å². The number of hydrogen-bond donors (Lipinski definition) is 2. The van der Waals surface area contributed by atoms with Crippen LogP contribution in [0.1, 0.15) is 41.4 Å². The highest BCUT2D eigenvalue weighted by Gasteiger charge is 2.24. The molecule has 6 heteroatoms. The van der Waals surface area contributed by atoms with Crippen LogP contribution in [-0.2, 0) is 11.3 Å². The molecule has 3 rings (SSSR count). The lowest BCUT2D eigenvalue weighted by Gasteiger charge is -2.36. The van der Waals surface area contributed by atoms with Crippen LogP contribution in [0.5, 0.6) is 0 Å². The van der Waals surface area contributed by atoms with Crippen molar-refractivity contribution < 1.29 is 9.59 Å². The van der Waals surface area contributed by atoms with Crippen LogP contribution >= 0.6 is 11.3 Å². The zero-order valence-corrected chi connectivity index (χ0v) is 16.5. The Balaban J connectivity index is 1.49. The van der Waals surface area contributed by atoms with Gasteiger partial charge in [-0.25, -0.2) is 0 Å². The van der Waals surface area contributed by atoms with Gasteiger partial charge >= 0.3 is 0 Å². The number of thiophene rings is 1. The van der Waals surface area contributed by atoms with Crippen LogP contribution in [0.3, 0.4) is 0 Å². The molecule has 2 atom stereocenters. The van der Waals surface area contributed by atoms with E-state index in [0.29, 0.717) is 17.5 Å². The van der Waals surface area contributed by atoms with Crippen molar-refractivity contribution in [1.29, 1.82) is 0 Å². The van der Waals surface area contributed by atoms with Crippen molar-refractivity contribution in [3.05, 3.63) is 58.3 Å². The molecule has 2 heterocycles. The Hall–Kier alpha value is -2.18. The normalized spacial score (nSPS) is 18.6. The molecule has 2 unspecified atom stereocenters. The van der Waals surface area contributed by atoms with E-state index in [-0.39, 0.29) is 11.8 Å². The third kappa shape index (κ3) is 5.65. The van der Waals surface area contributed by atoms with Crippen molar-refractivity contribution >= 4 is 23.2 Å². The summed E-state index contributed by atoms with van der Waals surface area (Å²) in [4.78, 5) is 27.6. The predicted octanol–water partition coefficient (Wildman–Crippen LogP) is 3.04. The molecular formula is C21H27N3O2S. The van der Waals surface area contributed by atoms with Gasteiger partial charge in [0.25, 0.3) is 5.91 Å². The first kappa shape index (κ1) is 19.6. The summed E-state index contributed by atoms with van der Waals surface area (Å²) in [6, 6.07) is 13.8. The topological polar surface area (TPSA) is 61.4 Å². The average Bonchev–Trinajstić information content (AvgIpc) is 3.23. The van der Waals surface area contributed by atoms with E-state index in [1.807, 2.05) is 17.5 Å². The van der Waals surface area contributed by atoms with Crippen molar-refractivity contribution in [2.24, 2.45) is 0 Å². The van der Waals surface area contributed by atoms with E-state index in [2.05, 4.69) is 39.8 Å². The lowest BCUT2D eigenvalue weighted by Crippen LogP contribution is -2.50. The predicted molar refractivity (Wildman–Crippen MR) is 109 cm³/mol. The third-order valence-corrected chi connectivity index (χ3v) is 5.84. The maximum Gasteiger partial charge on any atom is 0.261 e. The summed E-state index contributed by atoms with van der Waals surface area (Å²) in [5.74, 6) is -0.332. The molecule has 2 amide bonds. The molecule has 27 heavy (non-hydrogen) atoms. The minimum atomic E-state index is -0.550. The standard InChI is InChI=1S/C21H27N3O2S/c1-16(23-21(26)19-11-7-13-27-19)20(25)22-14-18-10-5-6-12-24(18)15-17-8-3-2-4-9-17/h2-4,7-9,11,13,16,18H,5-6,10,12,14-15H2,1H3,(H,22,25)(H,23,26). The highest BCUT2D eigenvalue weighted by Crippen LogP contribution is 2.19. The summed E-state index contributed by atoms with van der Waals surface area (Å²) in [5.41, 5.74) is 1.30. The minimum absolute atomic E-state index is 0.134. The van der Waals surface area contributed by atoms with Gasteiger partial charge in [-0.3, -0.25) is 14.5 Å². The molecule has 1 aromatic carbocycles. The molecular weight excluding hydrogens is 358 g/mol. The van der Waals surface area contributed by atoms with Gasteiger partial charge in [0.2, 0.25) is 5.91 Å². The highest BCUT2D eigenvalue weighted by atomic mass is 32.1. The zero-order chi connectivity index (χ0) is 19.1. The number of piperidine rings is 1. The van der Waals surface area contributed by atoms with E-state index in [1.54, 1.807) is 13.0 Å². The molecule has 1 saturated heterocycles. The number of nitrogens with zero attached hydrogens (tertiary/aromatic N) is 1. The second-order valence-corrected chi connectivity index (χ2v) is 7.97. The molecule has 1 fully saturated rings. The second kappa shape index (κ2) is 9.67. The number of benzene rings is 1. The molecule has 0 saturated carbocycles. The first-order valence-corrected chi connectivity index (χ1v) is 10.4. The third-order valence-electron chi connectivity index (χ3n) is 4.98. The lowest BCUT2D eigenvalue weighted by atomic mass is 10.0. The fourth-order valence-electron chi connectivity index (χ4n) is 3.43. The van der Waals surface area contributed by atoms with Crippen LogP contribution < -0.4 is 10.6 Å². The summed E-state index contributed by atoms with van der Waals surface area (Å²) in [7, 11) is 0. The molecule has 1 aromatic heterocycles. The van der Waals surface area contributed by atoms with Gasteiger partial charge in [0.1, 0.15) is 6.04 Å². The average molecular weight is 386 g/mol. The largest absolute Gasteiger partial charge is 0.353 e. The molecule has 144 valence electrons. The number of rotatable bonds is 7. The quantitative estimate of drug-likeness (QED) is 0.770. The van der Waals surface area contributed by atoms with E-state index in [0.717, 1.165) is 19.5 Å². The lowest BCUT2D eigenvalue weighted by molar-refractivity contribution is -0.122. The summed E-state index contributed by atoms with van der Waals surface area (Å²) in [6.45, 7) is 4.31. The molecule has 1 aliphatic rings. The van der Waals surface area contributed by atoms with Crippen LogP contribution in [-0.4, -0.2) is 41.9 Å². The summed E-state index contributed by atoms with van der Waals surface area (Å²) in [6.07, 6.45) is 3.48. The molecule has 0 aliphatic carbocycles. The van der Waals surface area contributed by atoms with Crippen molar-refractivity contribution in [3.8, 4) is 0 Å². The first-order chi connectivity index (χ1) is 13.1.